The summed E-state index contributed by atoms with van der Waals surface area (Å²) in [6.07, 6.45) is 0.991. The summed E-state index contributed by atoms with van der Waals surface area (Å²) in [7, 11) is 0. The Labute approximate surface area is 127 Å². The number of benzene rings is 1. The van der Waals surface area contributed by atoms with Gasteiger partial charge in [-0.05, 0) is 25.1 Å². The molecule has 0 aliphatic heterocycles. The molecule has 0 spiro atoms. The maximum Gasteiger partial charge on any atom is 0.342 e. The van der Waals surface area contributed by atoms with Gasteiger partial charge in [-0.15, -0.1) is 0 Å². The summed E-state index contributed by atoms with van der Waals surface area (Å²) in [5.74, 6) is -1.41. The Bertz CT molecular complexity index is 1100. The van der Waals surface area contributed by atoms with Crippen molar-refractivity contribution in [1.29, 1.82) is 0 Å². The van der Waals surface area contributed by atoms with Crippen LogP contribution in [0.2, 0.25) is 0 Å². The number of aromatic nitrogens is 4. The number of aromatic amines is 2. The fraction of sp³-hybridized carbons (Fsp3) is 0.143. The highest BCUT2D eigenvalue weighted by Gasteiger charge is 2.16. The maximum atomic E-state index is 12.4. The number of hydrogen-bond donors (Lipinski definition) is 3. The molecule has 0 amide bonds. The average molecular weight is 316 g/mol. The van der Waals surface area contributed by atoms with E-state index in [9.17, 15) is 19.2 Å². The van der Waals surface area contributed by atoms with Gasteiger partial charge < -0.3 is 15.1 Å². The largest absolute Gasteiger partial charge is 0.477 e. The van der Waals surface area contributed by atoms with Crippen LogP contribution in [0.1, 0.15) is 17.3 Å². The molecule has 1 aromatic carbocycles. The van der Waals surface area contributed by atoms with Crippen molar-refractivity contribution in [2.24, 2.45) is 0 Å². The van der Waals surface area contributed by atoms with Crippen molar-refractivity contribution in [1.82, 2.24) is 19.1 Å². The maximum absolute atomic E-state index is 12.4. The van der Waals surface area contributed by atoms with E-state index in [4.69, 9.17) is 5.11 Å². The van der Waals surface area contributed by atoms with Crippen LogP contribution in [0.3, 0.4) is 0 Å². The van der Waals surface area contributed by atoms with Crippen LogP contribution in [-0.2, 0) is 6.54 Å². The summed E-state index contributed by atoms with van der Waals surface area (Å²) < 4.78 is 1.91. The number of nitrogens with zero attached hydrogens (tertiary/aromatic N) is 2. The molecule has 23 heavy (non-hydrogen) atoms. The van der Waals surface area contributed by atoms with Crippen LogP contribution in [0.15, 0.2) is 38.8 Å². The first-order chi connectivity index (χ1) is 10.9. The molecule has 3 rings (SSSR count). The normalized spacial score (nSPS) is 11.0. The monoisotopic (exact) mass is 316 g/mol. The first-order valence-corrected chi connectivity index (χ1v) is 6.74. The molecule has 2 aromatic heterocycles. The van der Waals surface area contributed by atoms with Crippen molar-refractivity contribution in [3.63, 3.8) is 0 Å². The van der Waals surface area contributed by atoms with E-state index in [1.54, 1.807) is 19.1 Å². The van der Waals surface area contributed by atoms with E-state index in [1.165, 1.54) is 6.07 Å². The molecule has 0 aliphatic rings. The summed E-state index contributed by atoms with van der Waals surface area (Å²) in [5.41, 5.74) is -1.05. The minimum absolute atomic E-state index is 0.0437. The second-order valence-electron chi connectivity index (χ2n) is 4.86. The van der Waals surface area contributed by atoms with Crippen molar-refractivity contribution >= 4 is 17.0 Å². The van der Waals surface area contributed by atoms with Gasteiger partial charge >= 0.3 is 17.3 Å². The van der Waals surface area contributed by atoms with Crippen molar-refractivity contribution < 1.29 is 9.90 Å². The number of carboxylic acids is 1. The molecule has 0 saturated carbocycles. The third kappa shape index (κ3) is 2.27. The van der Waals surface area contributed by atoms with Gasteiger partial charge in [-0.3, -0.25) is 13.9 Å². The van der Waals surface area contributed by atoms with E-state index in [0.29, 0.717) is 16.7 Å². The Morgan fingerprint density at radius 2 is 1.87 bits per heavy atom. The van der Waals surface area contributed by atoms with Crippen LogP contribution in [-0.4, -0.2) is 30.2 Å². The number of imidazole rings is 1. The topological polar surface area (TPSA) is 130 Å². The van der Waals surface area contributed by atoms with E-state index in [-0.39, 0.29) is 6.54 Å². The van der Waals surface area contributed by atoms with Gasteiger partial charge in [0.2, 0.25) is 0 Å². The van der Waals surface area contributed by atoms with Crippen LogP contribution in [0.4, 0.5) is 0 Å². The lowest BCUT2D eigenvalue weighted by atomic mass is 10.2. The number of hydrogen-bond acceptors (Lipinski definition) is 4. The molecule has 0 aliphatic carbocycles. The molecule has 2 heterocycles. The number of nitrogens with one attached hydrogen (secondary N) is 2. The quantitative estimate of drug-likeness (QED) is 0.620. The summed E-state index contributed by atoms with van der Waals surface area (Å²) in [6, 6.07) is 4.64. The van der Waals surface area contributed by atoms with Crippen LogP contribution in [0.25, 0.3) is 16.7 Å². The molecular weight excluding hydrogens is 304 g/mol. The zero-order valence-corrected chi connectivity index (χ0v) is 12.0. The zero-order chi connectivity index (χ0) is 16.7. The van der Waals surface area contributed by atoms with E-state index in [0.717, 1.165) is 15.3 Å². The van der Waals surface area contributed by atoms with E-state index in [2.05, 4.69) is 9.97 Å². The van der Waals surface area contributed by atoms with Gasteiger partial charge in [-0.2, -0.15) is 0 Å². The zero-order valence-electron chi connectivity index (χ0n) is 12.0. The standard InChI is InChI=1S/C14H12N4O5/c1-2-17-11(19)8(12(20)21)6-18(14(17)23)7-3-4-9-10(5-7)16-13(22)15-9/h3-6H,2H2,1H3,(H,20,21)(H2,15,16,22). The van der Waals surface area contributed by atoms with Gasteiger partial charge in [0.15, 0.2) is 0 Å². The third-order valence-electron chi connectivity index (χ3n) is 3.50. The second-order valence-corrected chi connectivity index (χ2v) is 4.86. The fourth-order valence-electron chi connectivity index (χ4n) is 2.38. The Morgan fingerprint density at radius 3 is 2.52 bits per heavy atom. The minimum Gasteiger partial charge on any atom is -0.477 e. The number of carbonyl (C=O) groups is 1. The summed E-state index contributed by atoms with van der Waals surface area (Å²) in [4.78, 5) is 52.0. The van der Waals surface area contributed by atoms with E-state index < -0.39 is 28.5 Å². The summed E-state index contributed by atoms with van der Waals surface area (Å²) in [6.45, 7) is 1.62. The Kier molecular flexibility index (Phi) is 3.25. The van der Waals surface area contributed by atoms with Gasteiger partial charge in [0.25, 0.3) is 5.56 Å². The van der Waals surface area contributed by atoms with Gasteiger partial charge in [0.1, 0.15) is 5.56 Å². The predicted octanol–water partition coefficient (Wildman–Crippen LogP) is -0.113. The highest BCUT2D eigenvalue weighted by Crippen LogP contribution is 2.13. The van der Waals surface area contributed by atoms with Crippen LogP contribution >= 0.6 is 0 Å². The molecular formula is C14H12N4O5. The molecule has 0 bridgehead atoms. The first kappa shape index (κ1) is 14.6. The molecule has 3 N–H and O–H groups in total. The number of aromatic carboxylic acids is 1. The minimum atomic E-state index is -1.41. The molecule has 0 radical (unpaired) electrons. The van der Waals surface area contributed by atoms with Crippen molar-refractivity contribution in [2.45, 2.75) is 13.5 Å². The number of fused-ring (bicyclic) bond motifs is 1. The fourth-order valence-corrected chi connectivity index (χ4v) is 2.38. The van der Waals surface area contributed by atoms with Gasteiger partial charge in [-0.1, -0.05) is 0 Å². The lowest BCUT2D eigenvalue weighted by Gasteiger charge is -2.10. The molecule has 9 heteroatoms. The smallest absolute Gasteiger partial charge is 0.342 e. The first-order valence-electron chi connectivity index (χ1n) is 6.74. The molecule has 0 atom stereocenters. The predicted molar refractivity (Wildman–Crippen MR) is 81.4 cm³/mol. The number of rotatable bonds is 3. The van der Waals surface area contributed by atoms with Crippen molar-refractivity contribution in [3.8, 4) is 5.69 Å². The average Bonchev–Trinajstić information content (AvgIpc) is 2.86. The van der Waals surface area contributed by atoms with Crippen LogP contribution in [0, 0.1) is 0 Å². The highest BCUT2D eigenvalue weighted by molar-refractivity contribution is 5.87. The highest BCUT2D eigenvalue weighted by atomic mass is 16.4. The molecule has 118 valence electrons. The molecule has 0 unspecified atom stereocenters. The molecule has 3 aromatic rings. The number of carboxylic acid groups (broad SMARTS) is 1. The summed E-state index contributed by atoms with van der Waals surface area (Å²) in [5, 5.41) is 9.14. The molecule has 9 nitrogen and oxygen atoms in total. The lowest BCUT2D eigenvalue weighted by molar-refractivity contribution is 0.0693. The SMILES string of the molecule is CCn1c(=O)c(C(=O)O)cn(-c2ccc3[nH]c(=O)[nH]c3c2)c1=O. The third-order valence-corrected chi connectivity index (χ3v) is 3.50. The Balaban J connectivity index is 2.35. The van der Waals surface area contributed by atoms with Crippen LogP contribution < -0.4 is 16.9 Å². The van der Waals surface area contributed by atoms with Crippen molar-refractivity contribution in [3.05, 3.63) is 61.3 Å². The van der Waals surface area contributed by atoms with Crippen LogP contribution in [0.5, 0.6) is 0 Å². The van der Waals surface area contributed by atoms with E-state index in [1.807, 2.05) is 0 Å². The molecule has 0 fully saturated rings. The molecule has 0 saturated heterocycles. The van der Waals surface area contributed by atoms with Gasteiger partial charge in [-0.25, -0.2) is 14.4 Å². The van der Waals surface area contributed by atoms with Crippen molar-refractivity contribution in [2.75, 3.05) is 0 Å². The Hall–Kier alpha value is -3.36. The second kappa shape index (κ2) is 5.13. The lowest BCUT2D eigenvalue weighted by Crippen LogP contribution is -2.41. The summed E-state index contributed by atoms with van der Waals surface area (Å²) >= 11 is 0. The van der Waals surface area contributed by atoms with Gasteiger partial charge in [0, 0.05) is 12.7 Å². The van der Waals surface area contributed by atoms with E-state index >= 15 is 0 Å². The Morgan fingerprint density at radius 1 is 1.17 bits per heavy atom. The van der Waals surface area contributed by atoms with Gasteiger partial charge in [0.05, 0.1) is 16.7 Å². The number of H-pyrrole nitrogens is 2.